The third-order valence-corrected chi connectivity index (χ3v) is 4.93. The van der Waals surface area contributed by atoms with Gasteiger partial charge >= 0.3 is 0 Å². The van der Waals surface area contributed by atoms with Crippen LogP contribution in [0.15, 0.2) is 18.2 Å². The molecule has 0 aliphatic heterocycles. The summed E-state index contributed by atoms with van der Waals surface area (Å²) in [7, 11) is -3.61. The Morgan fingerprint density at radius 1 is 1.20 bits per heavy atom. The van der Waals surface area contributed by atoms with Crippen molar-refractivity contribution in [3.63, 3.8) is 0 Å². The average molecular weight is 389 g/mol. The zero-order valence-electron chi connectivity index (χ0n) is 16.1. The lowest BCUT2D eigenvalue weighted by Gasteiger charge is -2.34. The van der Waals surface area contributed by atoms with Crippen molar-refractivity contribution in [3.8, 4) is 0 Å². The number of hydrogen-bond acceptors (Lipinski definition) is 3. The Morgan fingerprint density at radius 3 is 2.20 bits per heavy atom. The molecule has 0 fully saturated rings. The smallest absolute Gasteiger partial charge is 0.241 e. The number of hydrogen-bond donors (Lipinski definition) is 1. The molecule has 25 heavy (non-hydrogen) atoms. The SMILES string of the molecule is Cc1cc(Cl)ccc1N(CC(=O)NC(C)(C)CC(C)(C)C)S(C)(=O)=O. The van der Waals surface area contributed by atoms with Crippen LogP contribution in [0.1, 0.15) is 46.6 Å². The summed E-state index contributed by atoms with van der Waals surface area (Å²) in [6.45, 7) is 11.7. The van der Waals surface area contributed by atoms with Crippen LogP contribution >= 0.6 is 11.6 Å². The lowest BCUT2D eigenvalue weighted by molar-refractivity contribution is -0.121. The molecule has 1 aromatic rings. The topological polar surface area (TPSA) is 66.5 Å². The van der Waals surface area contributed by atoms with Gasteiger partial charge in [0.2, 0.25) is 15.9 Å². The van der Waals surface area contributed by atoms with Gasteiger partial charge in [-0.3, -0.25) is 9.10 Å². The van der Waals surface area contributed by atoms with Crippen LogP contribution in [0.25, 0.3) is 0 Å². The number of benzene rings is 1. The Hall–Kier alpha value is -1.27. The van der Waals surface area contributed by atoms with Crippen LogP contribution in [0.4, 0.5) is 5.69 Å². The van der Waals surface area contributed by atoms with Crippen molar-refractivity contribution in [1.82, 2.24) is 5.32 Å². The molecule has 0 atom stereocenters. The molecule has 142 valence electrons. The Balaban J connectivity index is 3.03. The molecule has 0 saturated heterocycles. The number of carbonyl (C=O) groups is 1. The van der Waals surface area contributed by atoms with E-state index in [0.717, 1.165) is 17.0 Å². The van der Waals surface area contributed by atoms with Crippen LogP contribution in [0.3, 0.4) is 0 Å². The summed E-state index contributed by atoms with van der Waals surface area (Å²) in [5.41, 5.74) is 0.753. The number of aryl methyl sites for hydroxylation is 1. The van der Waals surface area contributed by atoms with Gasteiger partial charge in [-0.15, -0.1) is 0 Å². The molecule has 7 heteroatoms. The first-order valence-electron chi connectivity index (χ1n) is 8.16. The quantitative estimate of drug-likeness (QED) is 0.807. The summed E-state index contributed by atoms with van der Waals surface area (Å²) in [6, 6.07) is 4.91. The molecule has 0 radical (unpaired) electrons. The monoisotopic (exact) mass is 388 g/mol. The highest BCUT2D eigenvalue weighted by molar-refractivity contribution is 7.92. The van der Waals surface area contributed by atoms with Crippen LogP contribution in [-0.4, -0.2) is 32.7 Å². The maximum atomic E-state index is 12.5. The number of nitrogens with one attached hydrogen (secondary N) is 1. The van der Waals surface area contributed by atoms with E-state index in [0.29, 0.717) is 16.3 Å². The van der Waals surface area contributed by atoms with Crippen LogP contribution in [0.5, 0.6) is 0 Å². The summed E-state index contributed by atoms with van der Waals surface area (Å²) in [5.74, 6) is -0.339. The molecule has 1 aromatic carbocycles. The standard InChI is InChI=1S/C18H29ClN2O3S/c1-13-10-14(19)8-9-15(13)21(25(7,23)24)11-16(22)20-18(5,6)12-17(2,3)4/h8-10H,11-12H2,1-7H3,(H,20,22). The number of anilines is 1. The molecule has 5 nitrogen and oxygen atoms in total. The Bertz CT molecular complexity index is 737. The van der Waals surface area contributed by atoms with Crippen molar-refractivity contribution in [3.05, 3.63) is 28.8 Å². The third kappa shape index (κ3) is 7.24. The Labute approximate surface area is 156 Å². The first-order valence-corrected chi connectivity index (χ1v) is 10.4. The largest absolute Gasteiger partial charge is 0.350 e. The van der Waals surface area contributed by atoms with Gasteiger partial charge in [0.25, 0.3) is 0 Å². The van der Waals surface area contributed by atoms with Gasteiger partial charge in [0, 0.05) is 10.6 Å². The van der Waals surface area contributed by atoms with Gasteiger partial charge in [0.15, 0.2) is 0 Å². The fraction of sp³-hybridized carbons (Fsp3) is 0.611. The lowest BCUT2D eigenvalue weighted by Crippen LogP contribution is -2.50. The zero-order valence-corrected chi connectivity index (χ0v) is 17.7. The highest BCUT2D eigenvalue weighted by Gasteiger charge is 2.29. The summed E-state index contributed by atoms with van der Waals surface area (Å²) in [6.07, 6.45) is 1.86. The van der Waals surface area contributed by atoms with Crippen molar-refractivity contribution in [2.45, 2.75) is 53.5 Å². The molecule has 0 saturated carbocycles. The number of amides is 1. The number of rotatable bonds is 6. The first kappa shape index (κ1) is 21.8. The molecule has 1 N–H and O–H groups in total. The minimum Gasteiger partial charge on any atom is -0.350 e. The second kappa shape index (κ2) is 7.54. The van der Waals surface area contributed by atoms with E-state index in [4.69, 9.17) is 11.6 Å². The van der Waals surface area contributed by atoms with Crippen molar-refractivity contribution in [2.75, 3.05) is 17.1 Å². The number of sulfonamides is 1. The summed E-state index contributed by atoms with van der Waals surface area (Å²) in [4.78, 5) is 12.5. The van der Waals surface area contributed by atoms with Gasteiger partial charge < -0.3 is 5.32 Å². The van der Waals surface area contributed by atoms with Crippen LogP contribution in [0.2, 0.25) is 5.02 Å². The van der Waals surface area contributed by atoms with Gasteiger partial charge in [0.05, 0.1) is 11.9 Å². The van der Waals surface area contributed by atoms with E-state index in [-0.39, 0.29) is 17.9 Å². The summed E-state index contributed by atoms with van der Waals surface area (Å²) < 4.78 is 25.5. The molecule has 0 unspecified atom stereocenters. The van der Waals surface area contributed by atoms with Gasteiger partial charge in [-0.1, -0.05) is 32.4 Å². The van der Waals surface area contributed by atoms with E-state index in [1.165, 1.54) is 0 Å². The molecule has 1 rings (SSSR count). The Kier molecular flexibility index (Phi) is 6.57. The fourth-order valence-corrected chi connectivity index (χ4v) is 4.34. The number of carbonyl (C=O) groups excluding carboxylic acids is 1. The number of halogens is 1. The predicted molar refractivity (Wildman–Crippen MR) is 105 cm³/mol. The second-order valence-electron chi connectivity index (χ2n) is 8.37. The van der Waals surface area contributed by atoms with Crippen LogP contribution < -0.4 is 9.62 Å². The van der Waals surface area contributed by atoms with Gasteiger partial charge in [0.1, 0.15) is 6.54 Å². The van der Waals surface area contributed by atoms with Crippen molar-refractivity contribution >= 4 is 33.2 Å². The van der Waals surface area contributed by atoms with Crippen molar-refractivity contribution < 1.29 is 13.2 Å². The van der Waals surface area contributed by atoms with Crippen molar-refractivity contribution in [2.24, 2.45) is 5.41 Å². The highest BCUT2D eigenvalue weighted by atomic mass is 35.5. The minimum absolute atomic E-state index is 0.0417. The highest BCUT2D eigenvalue weighted by Crippen LogP contribution is 2.28. The predicted octanol–water partition coefficient (Wildman–Crippen LogP) is 3.75. The second-order valence-corrected chi connectivity index (χ2v) is 10.7. The summed E-state index contributed by atoms with van der Waals surface area (Å²) in [5, 5.41) is 3.46. The molecule has 0 aliphatic carbocycles. The van der Waals surface area contributed by atoms with Crippen LogP contribution in [-0.2, 0) is 14.8 Å². The average Bonchev–Trinajstić information content (AvgIpc) is 2.31. The minimum atomic E-state index is -3.61. The molecular weight excluding hydrogens is 360 g/mol. The van der Waals surface area contributed by atoms with E-state index < -0.39 is 15.6 Å². The Morgan fingerprint density at radius 2 is 1.76 bits per heavy atom. The van der Waals surface area contributed by atoms with E-state index in [1.807, 2.05) is 13.8 Å². The maximum absolute atomic E-state index is 12.5. The van der Waals surface area contributed by atoms with Crippen molar-refractivity contribution in [1.29, 1.82) is 0 Å². The molecule has 1 amide bonds. The first-order chi connectivity index (χ1) is 11.1. The van der Waals surface area contributed by atoms with Crippen LogP contribution in [0, 0.1) is 12.3 Å². The molecule has 0 aromatic heterocycles. The van der Waals surface area contributed by atoms with E-state index in [9.17, 15) is 13.2 Å². The third-order valence-electron chi connectivity index (χ3n) is 3.57. The van der Waals surface area contributed by atoms with Gasteiger partial charge in [-0.05, 0) is 56.4 Å². The molecule has 0 spiro atoms. The van der Waals surface area contributed by atoms with Gasteiger partial charge in [-0.2, -0.15) is 0 Å². The lowest BCUT2D eigenvalue weighted by atomic mass is 9.82. The summed E-state index contributed by atoms with van der Waals surface area (Å²) >= 11 is 5.94. The van der Waals surface area contributed by atoms with E-state index >= 15 is 0 Å². The van der Waals surface area contributed by atoms with E-state index in [2.05, 4.69) is 26.1 Å². The maximum Gasteiger partial charge on any atom is 0.241 e. The normalized spacial score (nSPS) is 12.8. The van der Waals surface area contributed by atoms with E-state index in [1.54, 1.807) is 25.1 Å². The fourth-order valence-electron chi connectivity index (χ4n) is 3.20. The molecule has 0 aliphatic rings. The van der Waals surface area contributed by atoms with Gasteiger partial charge in [-0.25, -0.2) is 8.42 Å². The molecular formula is C18H29ClN2O3S. The zero-order chi connectivity index (χ0) is 19.6. The molecule has 0 bridgehead atoms. The molecule has 0 heterocycles. The number of nitrogens with zero attached hydrogens (tertiary/aromatic N) is 1.